The molecule has 1 saturated heterocycles. The Morgan fingerprint density at radius 1 is 1.07 bits per heavy atom. The number of aromatic amines is 1. The molecule has 0 aliphatic carbocycles. The van der Waals surface area contributed by atoms with Gasteiger partial charge in [-0.3, -0.25) is 4.98 Å². The maximum absolute atomic E-state index is 13.7. The third-order valence-electron chi connectivity index (χ3n) is 5.48. The van der Waals surface area contributed by atoms with Gasteiger partial charge in [0.25, 0.3) is 0 Å². The van der Waals surface area contributed by atoms with Gasteiger partial charge in [-0.15, -0.1) is 0 Å². The molecule has 1 aliphatic heterocycles. The fraction of sp³-hybridized carbons (Fsp3) is 0.261. The number of pyridine rings is 1. The summed E-state index contributed by atoms with van der Waals surface area (Å²) in [5, 5.41) is 4.67. The van der Waals surface area contributed by atoms with Crippen LogP contribution in [-0.4, -0.2) is 39.6 Å². The highest BCUT2D eigenvalue weighted by atomic mass is 19.1. The van der Waals surface area contributed by atoms with Crippen LogP contribution in [0.15, 0.2) is 55.0 Å². The highest BCUT2D eigenvalue weighted by Gasteiger charge is 2.17. The Bertz CT molecular complexity index is 1170. The standard InChI is InChI=1S/C23H23FN6/c24-18-11-17(13-25-15-18)23-28-21(12-22(29-23)30-9-3-4-10-30)26-8-7-16-14-27-20-6-2-1-5-19(16)20/h1-2,5-6,11-15,27H,3-4,7-10H2,(H,26,28,29). The van der Waals surface area contributed by atoms with Gasteiger partial charge in [-0.1, -0.05) is 18.2 Å². The van der Waals surface area contributed by atoms with Gasteiger partial charge in [0.1, 0.15) is 17.5 Å². The molecule has 1 fully saturated rings. The number of benzene rings is 1. The van der Waals surface area contributed by atoms with Gasteiger partial charge < -0.3 is 15.2 Å². The van der Waals surface area contributed by atoms with Crippen molar-refractivity contribution in [3.05, 3.63) is 66.4 Å². The van der Waals surface area contributed by atoms with Gasteiger partial charge >= 0.3 is 0 Å². The summed E-state index contributed by atoms with van der Waals surface area (Å²) in [6, 6.07) is 11.7. The van der Waals surface area contributed by atoms with Gasteiger partial charge in [0, 0.05) is 54.6 Å². The molecule has 6 nitrogen and oxygen atoms in total. The average Bonchev–Trinajstić information content (AvgIpc) is 3.44. The van der Waals surface area contributed by atoms with Crippen LogP contribution in [0.4, 0.5) is 16.0 Å². The first-order chi connectivity index (χ1) is 14.8. The molecule has 152 valence electrons. The molecule has 7 heteroatoms. The maximum Gasteiger partial charge on any atom is 0.165 e. The molecular formula is C23H23FN6. The van der Waals surface area contributed by atoms with Crippen LogP contribution < -0.4 is 10.2 Å². The zero-order chi connectivity index (χ0) is 20.3. The monoisotopic (exact) mass is 402 g/mol. The molecular weight excluding hydrogens is 379 g/mol. The lowest BCUT2D eigenvalue weighted by Crippen LogP contribution is -2.20. The van der Waals surface area contributed by atoms with Gasteiger partial charge in [0.2, 0.25) is 0 Å². The molecule has 0 amide bonds. The minimum absolute atomic E-state index is 0.392. The van der Waals surface area contributed by atoms with Crippen LogP contribution in [0.1, 0.15) is 18.4 Å². The van der Waals surface area contributed by atoms with Crippen molar-refractivity contribution in [3.8, 4) is 11.4 Å². The number of hydrogen-bond acceptors (Lipinski definition) is 5. The molecule has 1 aromatic carbocycles. The number of H-pyrrole nitrogens is 1. The summed E-state index contributed by atoms with van der Waals surface area (Å²) in [4.78, 5) is 18.8. The predicted molar refractivity (Wildman–Crippen MR) is 117 cm³/mol. The largest absolute Gasteiger partial charge is 0.370 e. The van der Waals surface area contributed by atoms with E-state index in [0.717, 1.165) is 56.0 Å². The van der Waals surface area contributed by atoms with E-state index >= 15 is 0 Å². The molecule has 4 heterocycles. The normalized spacial score (nSPS) is 13.8. The van der Waals surface area contributed by atoms with E-state index in [1.165, 1.54) is 23.2 Å². The average molecular weight is 402 g/mol. The van der Waals surface area contributed by atoms with Crippen molar-refractivity contribution in [1.82, 2.24) is 19.9 Å². The quantitative estimate of drug-likeness (QED) is 0.500. The Morgan fingerprint density at radius 3 is 2.80 bits per heavy atom. The Balaban J connectivity index is 1.39. The maximum atomic E-state index is 13.7. The van der Waals surface area contributed by atoms with Crippen LogP contribution in [0.25, 0.3) is 22.3 Å². The van der Waals surface area contributed by atoms with Crippen LogP contribution in [-0.2, 0) is 6.42 Å². The molecule has 0 bridgehead atoms. The Labute approximate surface area is 174 Å². The minimum atomic E-state index is -0.392. The molecule has 0 spiro atoms. The summed E-state index contributed by atoms with van der Waals surface area (Å²) in [6.07, 6.45) is 8.03. The lowest BCUT2D eigenvalue weighted by molar-refractivity contribution is 0.622. The van der Waals surface area contributed by atoms with E-state index in [9.17, 15) is 4.39 Å². The van der Waals surface area contributed by atoms with Gasteiger partial charge in [0.05, 0.1) is 6.20 Å². The molecule has 0 saturated carbocycles. The lowest BCUT2D eigenvalue weighted by Gasteiger charge is -2.18. The van der Waals surface area contributed by atoms with Gasteiger partial charge in [-0.05, 0) is 37.0 Å². The van der Waals surface area contributed by atoms with Gasteiger partial charge in [0.15, 0.2) is 5.82 Å². The minimum Gasteiger partial charge on any atom is -0.370 e. The molecule has 30 heavy (non-hydrogen) atoms. The van der Waals surface area contributed by atoms with E-state index in [0.29, 0.717) is 11.4 Å². The van der Waals surface area contributed by atoms with Crippen molar-refractivity contribution in [2.45, 2.75) is 19.3 Å². The van der Waals surface area contributed by atoms with E-state index in [-0.39, 0.29) is 0 Å². The molecule has 3 aromatic heterocycles. The first-order valence-electron chi connectivity index (χ1n) is 10.3. The summed E-state index contributed by atoms with van der Waals surface area (Å²) >= 11 is 0. The van der Waals surface area contributed by atoms with Crippen molar-refractivity contribution in [2.24, 2.45) is 0 Å². The smallest absolute Gasteiger partial charge is 0.165 e. The van der Waals surface area contributed by atoms with E-state index in [4.69, 9.17) is 0 Å². The Morgan fingerprint density at radius 2 is 1.93 bits per heavy atom. The van der Waals surface area contributed by atoms with Crippen LogP contribution in [0, 0.1) is 5.82 Å². The molecule has 0 unspecified atom stereocenters. The Kier molecular flexibility index (Phi) is 5.01. The number of nitrogens with one attached hydrogen (secondary N) is 2. The lowest BCUT2D eigenvalue weighted by atomic mass is 10.1. The molecule has 1 aliphatic rings. The SMILES string of the molecule is Fc1cncc(-c2nc(NCCc3c[nH]c4ccccc34)cc(N3CCCC3)n2)c1. The topological polar surface area (TPSA) is 69.7 Å². The van der Waals surface area contributed by atoms with Crippen LogP contribution in [0.5, 0.6) is 0 Å². The molecule has 5 rings (SSSR count). The zero-order valence-corrected chi connectivity index (χ0v) is 16.6. The van der Waals surface area contributed by atoms with Crippen molar-refractivity contribution >= 4 is 22.5 Å². The van der Waals surface area contributed by atoms with Crippen molar-refractivity contribution in [3.63, 3.8) is 0 Å². The summed E-state index contributed by atoms with van der Waals surface area (Å²) in [7, 11) is 0. The van der Waals surface area contributed by atoms with E-state index in [1.54, 1.807) is 6.20 Å². The number of fused-ring (bicyclic) bond motifs is 1. The fourth-order valence-corrected chi connectivity index (χ4v) is 3.96. The van der Waals surface area contributed by atoms with Crippen LogP contribution >= 0.6 is 0 Å². The zero-order valence-electron chi connectivity index (χ0n) is 16.6. The number of halogens is 1. The predicted octanol–water partition coefficient (Wildman–Crippen LogP) is 4.41. The van der Waals surface area contributed by atoms with Gasteiger partial charge in [-0.25, -0.2) is 14.4 Å². The summed E-state index contributed by atoms with van der Waals surface area (Å²) in [5.41, 5.74) is 2.99. The van der Waals surface area contributed by atoms with Crippen molar-refractivity contribution < 1.29 is 4.39 Å². The highest BCUT2D eigenvalue weighted by molar-refractivity contribution is 5.83. The third-order valence-corrected chi connectivity index (χ3v) is 5.48. The molecule has 0 atom stereocenters. The number of aromatic nitrogens is 4. The second-order valence-corrected chi connectivity index (χ2v) is 7.56. The number of para-hydroxylation sites is 1. The van der Waals surface area contributed by atoms with Crippen LogP contribution in [0.2, 0.25) is 0 Å². The Hall–Kier alpha value is -3.48. The summed E-state index contributed by atoms with van der Waals surface area (Å²) < 4.78 is 13.7. The summed E-state index contributed by atoms with van der Waals surface area (Å²) in [5.74, 6) is 1.71. The fourth-order valence-electron chi connectivity index (χ4n) is 3.96. The first-order valence-corrected chi connectivity index (χ1v) is 10.3. The summed E-state index contributed by atoms with van der Waals surface area (Å²) in [6.45, 7) is 2.69. The number of anilines is 2. The number of hydrogen-bond donors (Lipinski definition) is 2. The highest BCUT2D eigenvalue weighted by Crippen LogP contribution is 2.25. The van der Waals surface area contributed by atoms with Crippen LogP contribution in [0.3, 0.4) is 0 Å². The van der Waals surface area contributed by atoms with Crippen molar-refractivity contribution in [2.75, 3.05) is 29.9 Å². The van der Waals surface area contributed by atoms with E-state index in [1.807, 2.05) is 12.1 Å². The number of nitrogens with zero attached hydrogens (tertiary/aromatic N) is 4. The molecule has 2 N–H and O–H groups in total. The molecule has 0 radical (unpaired) electrons. The van der Waals surface area contributed by atoms with E-state index in [2.05, 4.69) is 54.5 Å². The number of rotatable bonds is 6. The van der Waals surface area contributed by atoms with Gasteiger partial charge in [-0.2, -0.15) is 0 Å². The second kappa shape index (κ2) is 8.10. The first kappa shape index (κ1) is 18.5. The third kappa shape index (κ3) is 3.83. The molecule has 4 aromatic rings. The van der Waals surface area contributed by atoms with Crippen molar-refractivity contribution in [1.29, 1.82) is 0 Å². The second-order valence-electron chi connectivity index (χ2n) is 7.56. The van der Waals surface area contributed by atoms with E-state index < -0.39 is 5.82 Å².